The van der Waals surface area contributed by atoms with Gasteiger partial charge in [-0.2, -0.15) is 0 Å². The van der Waals surface area contributed by atoms with E-state index in [2.05, 4.69) is 15.6 Å². The summed E-state index contributed by atoms with van der Waals surface area (Å²) in [7, 11) is 0. The number of aromatic nitrogens is 1. The molecule has 0 aliphatic rings. The second kappa shape index (κ2) is 9.04. The number of hydrogen-bond donors (Lipinski definition) is 2. The highest BCUT2D eigenvalue weighted by atomic mass is 19.1. The van der Waals surface area contributed by atoms with Gasteiger partial charge >= 0.3 is 6.03 Å². The van der Waals surface area contributed by atoms with Gasteiger partial charge in [0.1, 0.15) is 23.1 Å². The first-order valence-corrected chi connectivity index (χ1v) is 9.40. The quantitative estimate of drug-likeness (QED) is 0.392. The van der Waals surface area contributed by atoms with E-state index in [-0.39, 0.29) is 17.3 Å². The largest absolute Gasteiger partial charge is 0.436 e. The molecule has 0 spiro atoms. The molecule has 154 valence electrons. The van der Waals surface area contributed by atoms with Crippen molar-refractivity contribution in [1.82, 2.24) is 4.98 Å². The van der Waals surface area contributed by atoms with Gasteiger partial charge in [-0.1, -0.05) is 48.5 Å². The molecule has 0 fully saturated rings. The zero-order valence-corrected chi connectivity index (χ0v) is 16.2. The Hall–Kier alpha value is -4.26. The number of para-hydroxylation sites is 1. The Labute approximate surface area is 177 Å². The molecule has 0 radical (unpaired) electrons. The maximum atomic E-state index is 13.8. The number of nitrogens with one attached hydrogen (secondary N) is 2. The van der Waals surface area contributed by atoms with Crippen LogP contribution in [0.25, 0.3) is 11.1 Å². The lowest BCUT2D eigenvalue weighted by atomic mass is 10.1. The monoisotopic (exact) mass is 417 g/mol. The molecular weight excluding hydrogens is 400 g/mol. The number of nitrogens with zero attached hydrogens (tertiary/aromatic N) is 1. The summed E-state index contributed by atoms with van der Waals surface area (Å²) in [4.78, 5) is 16.6. The number of carbonyl (C=O) groups is 1. The molecule has 0 aliphatic carbocycles. The third-order valence-electron chi connectivity index (χ3n) is 4.38. The molecule has 2 amide bonds. The van der Waals surface area contributed by atoms with Crippen LogP contribution >= 0.6 is 0 Å². The van der Waals surface area contributed by atoms with Crippen molar-refractivity contribution >= 4 is 17.4 Å². The van der Waals surface area contributed by atoms with Crippen LogP contribution in [0.4, 0.5) is 25.0 Å². The van der Waals surface area contributed by atoms with Gasteiger partial charge in [-0.25, -0.2) is 18.6 Å². The van der Waals surface area contributed by atoms with Gasteiger partial charge in [-0.15, -0.1) is 0 Å². The van der Waals surface area contributed by atoms with E-state index in [1.54, 1.807) is 18.2 Å². The van der Waals surface area contributed by atoms with Crippen molar-refractivity contribution in [3.63, 3.8) is 0 Å². The van der Waals surface area contributed by atoms with E-state index >= 15 is 0 Å². The molecule has 0 saturated heterocycles. The number of anilines is 2. The summed E-state index contributed by atoms with van der Waals surface area (Å²) in [6.45, 7) is 0. The molecule has 4 rings (SSSR count). The van der Waals surface area contributed by atoms with Gasteiger partial charge in [-0.05, 0) is 35.9 Å². The maximum Gasteiger partial charge on any atom is 0.323 e. The van der Waals surface area contributed by atoms with Crippen LogP contribution < -0.4 is 15.4 Å². The van der Waals surface area contributed by atoms with Crippen molar-refractivity contribution in [3.8, 4) is 22.8 Å². The van der Waals surface area contributed by atoms with Gasteiger partial charge in [0, 0.05) is 17.8 Å². The molecule has 0 unspecified atom stereocenters. The molecular formula is C24H17F2N3O2. The second-order valence-electron chi connectivity index (χ2n) is 6.52. The Kier molecular flexibility index (Phi) is 5.84. The number of carbonyl (C=O) groups excluding carboxylic acids is 1. The van der Waals surface area contributed by atoms with Crippen LogP contribution in [-0.2, 0) is 0 Å². The van der Waals surface area contributed by atoms with Gasteiger partial charge < -0.3 is 15.4 Å². The van der Waals surface area contributed by atoms with E-state index in [9.17, 15) is 13.6 Å². The highest BCUT2D eigenvalue weighted by Gasteiger charge is 2.14. The first-order valence-electron chi connectivity index (χ1n) is 9.40. The molecule has 0 aliphatic heterocycles. The molecule has 3 aromatic carbocycles. The van der Waals surface area contributed by atoms with E-state index < -0.39 is 17.7 Å². The molecule has 1 aromatic heterocycles. The van der Waals surface area contributed by atoms with E-state index in [1.165, 1.54) is 6.20 Å². The number of halogens is 2. The molecule has 0 saturated carbocycles. The van der Waals surface area contributed by atoms with Crippen molar-refractivity contribution < 1.29 is 18.3 Å². The van der Waals surface area contributed by atoms with Crippen LogP contribution in [0, 0.1) is 11.6 Å². The van der Waals surface area contributed by atoms with Crippen molar-refractivity contribution in [2.24, 2.45) is 0 Å². The second-order valence-corrected chi connectivity index (χ2v) is 6.52. The van der Waals surface area contributed by atoms with Gasteiger partial charge in [0.25, 0.3) is 0 Å². The van der Waals surface area contributed by atoms with Crippen molar-refractivity contribution in [3.05, 3.63) is 103 Å². The molecule has 31 heavy (non-hydrogen) atoms. The smallest absolute Gasteiger partial charge is 0.323 e. The number of amides is 2. The molecule has 4 aromatic rings. The Bertz CT molecular complexity index is 1220. The number of rotatable bonds is 5. The fourth-order valence-corrected chi connectivity index (χ4v) is 2.95. The Morgan fingerprint density at radius 3 is 2.35 bits per heavy atom. The molecule has 5 nitrogen and oxygen atoms in total. The van der Waals surface area contributed by atoms with Gasteiger partial charge in [0.05, 0.1) is 5.69 Å². The lowest BCUT2D eigenvalue weighted by Crippen LogP contribution is -2.20. The topological polar surface area (TPSA) is 63.2 Å². The van der Waals surface area contributed by atoms with E-state index in [0.717, 1.165) is 23.3 Å². The van der Waals surface area contributed by atoms with Crippen molar-refractivity contribution in [2.45, 2.75) is 0 Å². The van der Waals surface area contributed by atoms with Crippen LogP contribution in [0.3, 0.4) is 0 Å². The van der Waals surface area contributed by atoms with Gasteiger partial charge in [-0.3, -0.25) is 0 Å². The molecule has 1 heterocycles. The van der Waals surface area contributed by atoms with Gasteiger partial charge in [0.2, 0.25) is 5.88 Å². The van der Waals surface area contributed by atoms with Crippen molar-refractivity contribution in [2.75, 3.05) is 10.6 Å². The van der Waals surface area contributed by atoms with E-state index in [0.29, 0.717) is 11.8 Å². The van der Waals surface area contributed by atoms with Crippen molar-refractivity contribution in [1.29, 1.82) is 0 Å². The molecule has 0 bridgehead atoms. The minimum Gasteiger partial charge on any atom is -0.436 e. The number of pyridine rings is 1. The highest BCUT2D eigenvalue weighted by molar-refractivity contribution is 6.00. The van der Waals surface area contributed by atoms with E-state index in [1.807, 2.05) is 48.5 Å². The van der Waals surface area contributed by atoms with Crippen LogP contribution in [0.1, 0.15) is 0 Å². The van der Waals surface area contributed by atoms with Gasteiger partial charge in [0.15, 0.2) is 0 Å². The first-order chi connectivity index (χ1) is 15.1. The third kappa shape index (κ3) is 4.84. The van der Waals surface area contributed by atoms with Crippen LogP contribution in [-0.4, -0.2) is 11.0 Å². The number of benzene rings is 3. The molecule has 7 heteroatoms. The average molecular weight is 417 g/mol. The Balaban J connectivity index is 1.55. The summed E-state index contributed by atoms with van der Waals surface area (Å²) in [5.41, 5.74) is 1.95. The first kappa shape index (κ1) is 20.0. The van der Waals surface area contributed by atoms with Crippen LogP contribution in [0.2, 0.25) is 0 Å². The summed E-state index contributed by atoms with van der Waals surface area (Å²) >= 11 is 0. The maximum absolute atomic E-state index is 13.8. The van der Waals surface area contributed by atoms with Crippen LogP contribution in [0.5, 0.6) is 11.6 Å². The highest BCUT2D eigenvalue weighted by Crippen LogP contribution is 2.34. The predicted molar refractivity (Wildman–Crippen MR) is 115 cm³/mol. The predicted octanol–water partition coefficient (Wildman–Crippen LogP) is 6.46. The SMILES string of the molecule is O=C(Nc1ccc(F)cc1F)Nc1cccnc1Oc1ccccc1-c1ccccc1. The van der Waals surface area contributed by atoms with E-state index in [4.69, 9.17) is 4.74 Å². The minimum atomic E-state index is -0.880. The molecule has 2 N–H and O–H groups in total. The summed E-state index contributed by atoms with van der Waals surface area (Å²) in [5.74, 6) is -0.890. The zero-order valence-electron chi connectivity index (χ0n) is 16.2. The fraction of sp³-hybridized carbons (Fsp3) is 0. The zero-order chi connectivity index (χ0) is 21.6. The number of ether oxygens (including phenoxy) is 1. The lowest BCUT2D eigenvalue weighted by Gasteiger charge is -2.14. The summed E-state index contributed by atoms with van der Waals surface area (Å²) < 4.78 is 32.9. The molecule has 0 atom stereocenters. The van der Waals surface area contributed by atoms with Crippen LogP contribution in [0.15, 0.2) is 91.1 Å². The number of urea groups is 1. The summed E-state index contributed by atoms with van der Waals surface area (Å²) in [5, 5.41) is 4.92. The minimum absolute atomic E-state index is 0.153. The third-order valence-corrected chi connectivity index (χ3v) is 4.38. The fourth-order valence-electron chi connectivity index (χ4n) is 2.95. The Morgan fingerprint density at radius 1 is 0.806 bits per heavy atom. The Morgan fingerprint density at radius 2 is 1.55 bits per heavy atom. The standard InChI is InChI=1S/C24H17F2N3O2/c25-17-12-13-20(19(26)15-17)28-24(30)29-21-10-6-14-27-23(21)31-22-11-5-4-9-18(22)16-7-2-1-3-8-16/h1-15H,(H2,28,29,30). The summed E-state index contributed by atoms with van der Waals surface area (Å²) in [6, 6.07) is 22.6. The summed E-state index contributed by atoms with van der Waals surface area (Å²) in [6.07, 6.45) is 1.53. The number of hydrogen-bond acceptors (Lipinski definition) is 3. The average Bonchev–Trinajstić information content (AvgIpc) is 2.78. The normalized spacial score (nSPS) is 10.4. The lowest BCUT2D eigenvalue weighted by molar-refractivity contribution is 0.262.